The lowest BCUT2D eigenvalue weighted by molar-refractivity contribution is 0.101. The number of likely N-dealkylation sites (N-methyl/N-ethyl adjacent to an activating group) is 1. The van der Waals surface area contributed by atoms with E-state index in [1.807, 2.05) is 12.1 Å². The van der Waals surface area contributed by atoms with Gasteiger partial charge < -0.3 is 9.32 Å². The molecule has 6 heteroatoms. The Morgan fingerprint density at radius 3 is 2.68 bits per heavy atom. The number of piperazine rings is 1. The van der Waals surface area contributed by atoms with Crippen molar-refractivity contribution in [2.75, 3.05) is 33.2 Å². The molecule has 1 aliphatic heterocycles. The van der Waals surface area contributed by atoms with E-state index in [2.05, 4.69) is 21.8 Å². The summed E-state index contributed by atoms with van der Waals surface area (Å²) in [5.41, 5.74) is 1.88. The number of furan rings is 1. The van der Waals surface area contributed by atoms with Gasteiger partial charge in [0.1, 0.15) is 6.07 Å². The molecule has 2 fully saturated rings. The number of aliphatic imine (C=N–C) groups is 1. The van der Waals surface area contributed by atoms with Crippen LogP contribution in [0.4, 0.5) is 5.82 Å². The van der Waals surface area contributed by atoms with E-state index in [0.29, 0.717) is 23.2 Å². The highest BCUT2D eigenvalue weighted by molar-refractivity contribution is 5.88. The van der Waals surface area contributed by atoms with Crippen LogP contribution < -0.4 is 0 Å². The number of nitrogens with zero attached hydrogens (tertiary/aromatic N) is 5. The van der Waals surface area contributed by atoms with Crippen molar-refractivity contribution >= 4 is 22.5 Å². The highest BCUT2D eigenvalue weighted by Crippen LogP contribution is 2.26. The third-order valence-corrected chi connectivity index (χ3v) is 5.36. The van der Waals surface area contributed by atoms with Gasteiger partial charge in [-0.1, -0.05) is 0 Å². The van der Waals surface area contributed by atoms with Gasteiger partial charge in [0.2, 0.25) is 5.76 Å². The maximum atomic E-state index is 8.92. The minimum atomic E-state index is 0.314. The predicted molar refractivity (Wildman–Crippen MR) is 97.1 cm³/mol. The third kappa shape index (κ3) is 3.58. The van der Waals surface area contributed by atoms with Gasteiger partial charge in [-0.05, 0) is 38.8 Å². The molecule has 0 aromatic carbocycles. The van der Waals surface area contributed by atoms with Gasteiger partial charge in [-0.2, -0.15) is 5.26 Å². The molecule has 25 heavy (non-hydrogen) atoms. The second kappa shape index (κ2) is 6.95. The molecule has 6 nitrogen and oxygen atoms in total. The van der Waals surface area contributed by atoms with Crippen LogP contribution in [0, 0.1) is 11.3 Å². The summed E-state index contributed by atoms with van der Waals surface area (Å²) < 4.78 is 5.37. The van der Waals surface area contributed by atoms with E-state index in [0.717, 1.165) is 18.2 Å². The molecule has 0 unspecified atom stereocenters. The standard InChI is InChI=1S/C19H23N5O/c1-23-6-8-24(9-7-23)16-4-2-15(3-5-16)22-19-11-14-10-17(12-20)25-18(14)13-21-19/h10-11,13,16H,2-9H2,1H3. The lowest BCUT2D eigenvalue weighted by atomic mass is 9.92. The van der Waals surface area contributed by atoms with Crippen LogP contribution in [-0.2, 0) is 0 Å². The maximum Gasteiger partial charge on any atom is 0.204 e. The van der Waals surface area contributed by atoms with E-state index in [1.165, 1.54) is 44.7 Å². The number of pyridine rings is 1. The van der Waals surface area contributed by atoms with Crippen LogP contribution in [0.1, 0.15) is 31.4 Å². The molecule has 130 valence electrons. The van der Waals surface area contributed by atoms with Crippen molar-refractivity contribution in [2.24, 2.45) is 4.99 Å². The lowest BCUT2D eigenvalue weighted by Crippen LogP contribution is -2.49. The summed E-state index contributed by atoms with van der Waals surface area (Å²) in [6.07, 6.45) is 6.13. The van der Waals surface area contributed by atoms with Crippen LogP contribution in [0.25, 0.3) is 11.0 Å². The van der Waals surface area contributed by atoms with Gasteiger partial charge in [0.15, 0.2) is 11.4 Å². The first-order valence-corrected chi connectivity index (χ1v) is 9.00. The van der Waals surface area contributed by atoms with E-state index in [4.69, 9.17) is 14.7 Å². The molecule has 0 N–H and O–H groups in total. The number of hydrogen-bond acceptors (Lipinski definition) is 6. The molecule has 2 aliphatic rings. The number of hydrogen-bond donors (Lipinski definition) is 0. The molecule has 0 bridgehead atoms. The van der Waals surface area contributed by atoms with E-state index < -0.39 is 0 Å². The monoisotopic (exact) mass is 337 g/mol. The number of nitriles is 1. The molecule has 0 amide bonds. The molecule has 2 aromatic rings. The summed E-state index contributed by atoms with van der Waals surface area (Å²) >= 11 is 0. The normalized spacial score (nSPS) is 22.9. The molecule has 0 radical (unpaired) electrons. The zero-order valence-corrected chi connectivity index (χ0v) is 14.6. The van der Waals surface area contributed by atoms with E-state index in [9.17, 15) is 0 Å². The van der Waals surface area contributed by atoms with Crippen molar-refractivity contribution in [3.8, 4) is 6.07 Å². The largest absolute Gasteiger partial charge is 0.444 e. The SMILES string of the molecule is CN1CCN(C2CCC(=Nc3cc4cc(C#N)oc4cn3)CC2)CC1. The fourth-order valence-electron chi connectivity index (χ4n) is 3.81. The summed E-state index contributed by atoms with van der Waals surface area (Å²) in [4.78, 5) is 14.2. The molecular formula is C19H23N5O. The minimum Gasteiger partial charge on any atom is -0.444 e. The molecule has 0 spiro atoms. The number of aromatic nitrogens is 1. The first kappa shape index (κ1) is 16.2. The Morgan fingerprint density at radius 1 is 1.20 bits per heavy atom. The highest BCUT2D eigenvalue weighted by Gasteiger charge is 2.25. The second-order valence-electron chi connectivity index (χ2n) is 7.05. The van der Waals surface area contributed by atoms with Gasteiger partial charge in [-0.3, -0.25) is 4.90 Å². The Kier molecular flexibility index (Phi) is 4.51. The highest BCUT2D eigenvalue weighted by atomic mass is 16.3. The van der Waals surface area contributed by atoms with Crippen LogP contribution in [0.5, 0.6) is 0 Å². The summed E-state index contributed by atoms with van der Waals surface area (Å²) in [6, 6.07) is 6.36. The number of rotatable bonds is 2. The summed E-state index contributed by atoms with van der Waals surface area (Å²) in [7, 11) is 2.20. The average Bonchev–Trinajstić information content (AvgIpc) is 3.06. The van der Waals surface area contributed by atoms with Crippen molar-refractivity contribution in [1.29, 1.82) is 5.26 Å². The van der Waals surface area contributed by atoms with Gasteiger partial charge >= 0.3 is 0 Å². The van der Waals surface area contributed by atoms with Crippen molar-refractivity contribution in [2.45, 2.75) is 31.7 Å². The predicted octanol–water partition coefficient (Wildman–Crippen LogP) is 2.96. The second-order valence-corrected chi connectivity index (χ2v) is 7.05. The molecule has 1 aliphatic carbocycles. The molecule has 4 rings (SSSR count). The van der Waals surface area contributed by atoms with Crippen LogP contribution in [0.15, 0.2) is 27.7 Å². The van der Waals surface area contributed by atoms with Crippen LogP contribution in [0.3, 0.4) is 0 Å². The zero-order chi connectivity index (χ0) is 17.2. The molecule has 2 aromatic heterocycles. The van der Waals surface area contributed by atoms with Crippen molar-refractivity contribution in [3.63, 3.8) is 0 Å². The maximum absolute atomic E-state index is 8.92. The Hall–Kier alpha value is -2.23. The first-order chi connectivity index (χ1) is 12.2. The van der Waals surface area contributed by atoms with E-state index >= 15 is 0 Å². The summed E-state index contributed by atoms with van der Waals surface area (Å²) in [6.45, 7) is 4.73. The summed E-state index contributed by atoms with van der Waals surface area (Å²) in [5.74, 6) is 1.03. The molecule has 0 atom stereocenters. The molecule has 1 saturated carbocycles. The first-order valence-electron chi connectivity index (χ1n) is 9.00. The van der Waals surface area contributed by atoms with Crippen molar-refractivity contribution in [1.82, 2.24) is 14.8 Å². The van der Waals surface area contributed by atoms with Crippen molar-refractivity contribution < 1.29 is 4.42 Å². The van der Waals surface area contributed by atoms with E-state index in [-0.39, 0.29) is 0 Å². The molecular weight excluding hydrogens is 314 g/mol. The fourth-order valence-corrected chi connectivity index (χ4v) is 3.81. The van der Waals surface area contributed by atoms with Gasteiger partial charge in [0.05, 0.1) is 6.20 Å². The van der Waals surface area contributed by atoms with Gasteiger partial charge in [0.25, 0.3) is 0 Å². The molecule has 3 heterocycles. The van der Waals surface area contributed by atoms with Crippen LogP contribution in [0.2, 0.25) is 0 Å². The minimum absolute atomic E-state index is 0.314. The smallest absolute Gasteiger partial charge is 0.204 e. The zero-order valence-electron chi connectivity index (χ0n) is 14.6. The third-order valence-electron chi connectivity index (χ3n) is 5.36. The number of fused-ring (bicyclic) bond motifs is 1. The van der Waals surface area contributed by atoms with Gasteiger partial charge in [-0.25, -0.2) is 9.98 Å². The Bertz CT molecular complexity index is 816. The quantitative estimate of drug-likeness (QED) is 0.843. The average molecular weight is 337 g/mol. The Morgan fingerprint density at radius 2 is 1.96 bits per heavy atom. The Balaban J connectivity index is 1.41. The lowest BCUT2D eigenvalue weighted by Gasteiger charge is -2.39. The van der Waals surface area contributed by atoms with E-state index in [1.54, 1.807) is 12.3 Å². The topological polar surface area (TPSA) is 68.7 Å². The van der Waals surface area contributed by atoms with Crippen molar-refractivity contribution in [3.05, 3.63) is 24.1 Å². The Labute approximate surface area is 147 Å². The molecule has 1 saturated heterocycles. The van der Waals surface area contributed by atoms with Crippen LogP contribution in [-0.4, -0.2) is 59.8 Å². The van der Waals surface area contributed by atoms with Crippen LogP contribution >= 0.6 is 0 Å². The van der Waals surface area contributed by atoms with Gasteiger partial charge in [0, 0.05) is 49.4 Å². The van der Waals surface area contributed by atoms with Gasteiger partial charge in [-0.15, -0.1) is 0 Å². The fraction of sp³-hybridized carbons (Fsp3) is 0.526. The summed E-state index contributed by atoms with van der Waals surface area (Å²) in [5, 5.41) is 9.80.